The topological polar surface area (TPSA) is 68.8 Å². The van der Waals surface area contributed by atoms with Crippen LogP contribution in [0.4, 0.5) is 0 Å². The number of thiol groups is 1. The first-order chi connectivity index (χ1) is 9.18. The van der Waals surface area contributed by atoms with Crippen molar-refractivity contribution in [3.8, 4) is 0 Å². The first kappa shape index (κ1) is 18.7. The average molecular weight is 294 g/mol. The third-order valence-corrected chi connectivity index (χ3v) is 2.40. The Balaban J connectivity index is 3.05. The van der Waals surface area contributed by atoms with Crippen molar-refractivity contribution in [3.05, 3.63) is 0 Å². The lowest BCUT2D eigenvalue weighted by Gasteiger charge is -2.08. The SMILES string of the molecule is CC(C)C(=O)NCCOCCOCCOCCNS. The van der Waals surface area contributed by atoms with Crippen molar-refractivity contribution in [2.45, 2.75) is 13.8 Å². The van der Waals surface area contributed by atoms with Crippen LogP contribution in [0, 0.1) is 5.92 Å². The van der Waals surface area contributed by atoms with Crippen LogP contribution in [0.1, 0.15) is 13.8 Å². The zero-order valence-electron chi connectivity index (χ0n) is 11.8. The van der Waals surface area contributed by atoms with E-state index in [1.807, 2.05) is 13.8 Å². The van der Waals surface area contributed by atoms with Crippen LogP contribution in [0.15, 0.2) is 0 Å². The van der Waals surface area contributed by atoms with Crippen molar-refractivity contribution in [2.24, 2.45) is 5.92 Å². The number of nitrogens with one attached hydrogen (secondary N) is 2. The maximum atomic E-state index is 11.2. The fraction of sp³-hybridized carbons (Fsp3) is 0.917. The minimum absolute atomic E-state index is 0.0149. The van der Waals surface area contributed by atoms with E-state index in [1.165, 1.54) is 0 Å². The lowest BCUT2D eigenvalue weighted by atomic mass is 10.2. The number of hydrogen-bond donors (Lipinski definition) is 3. The monoisotopic (exact) mass is 294 g/mol. The second-order valence-corrected chi connectivity index (χ2v) is 4.51. The molecule has 0 unspecified atom stereocenters. The highest BCUT2D eigenvalue weighted by molar-refractivity contribution is 7.78. The molecule has 0 atom stereocenters. The summed E-state index contributed by atoms with van der Waals surface area (Å²) in [6.07, 6.45) is 0. The zero-order valence-corrected chi connectivity index (χ0v) is 12.7. The second-order valence-electron chi connectivity index (χ2n) is 4.19. The molecule has 0 aromatic carbocycles. The Labute approximate surface area is 121 Å². The molecular weight excluding hydrogens is 268 g/mol. The molecule has 0 aliphatic heterocycles. The van der Waals surface area contributed by atoms with E-state index in [0.29, 0.717) is 52.7 Å². The Morgan fingerprint density at radius 2 is 1.42 bits per heavy atom. The Bertz CT molecular complexity index is 218. The Morgan fingerprint density at radius 3 is 1.89 bits per heavy atom. The fourth-order valence-electron chi connectivity index (χ4n) is 1.11. The first-order valence-corrected chi connectivity index (χ1v) is 7.01. The molecule has 114 valence electrons. The summed E-state index contributed by atoms with van der Waals surface area (Å²) in [5, 5.41) is 2.78. The van der Waals surface area contributed by atoms with Gasteiger partial charge in [-0.05, 0) is 0 Å². The molecule has 7 heteroatoms. The maximum absolute atomic E-state index is 11.2. The van der Waals surface area contributed by atoms with Crippen LogP contribution in [-0.4, -0.2) is 58.6 Å². The van der Waals surface area contributed by atoms with E-state index >= 15 is 0 Å². The van der Waals surface area contributed by atoms with Crippen molar-refractivity contribution >= 4 is 18.7 Å². The van der Waals surface area contributed by atoms with Crippen LogP contribution in [0.2, 0.25) is 0 Å². The van der Waals surface area contributed by atoms with Crippen LogP contribution in [-0.2, 0) is 19.0 Å². The summed E-state index contributed by atoms with van der Waals surface area (Å²) in [6.45, 7) is 8.29. The molecule has 0 heterocycles. The molecule has 6 nitrogen and oxygen atoms in total. The summed E-state index contributed by atoms with van der Waals surface area (Å²) >= 11 is 3.84. The molecule has 0 aliphatic rings. The average Bonchev–Trinajstić information content (AvgIpc) is 2.39. The number of carbonyl (C=O) groups is 1. The summed E-state index contributed by atoms with van der Waals surface area (Å²) in [6, 6.07) is 0. The molecule has 0 radical (unpaired) electrons. The molecule has 2 N–H and O–H groups in total. The highest BCUT2D eigenvalue weighted by Crippen LogP contribution is 1.89. The number of amides is 1. The lowest BCUT2D eigenvalue weighted by Crippen LogP contribution is -2.31. The molecule has 0 bridgehead atoms. The highest BCUT2D eigenvalue weighted by atomic mass is 32.1. The van der Waals surface area contributed by atoms with E-state index in [1.54, 1.807) is 0 Å². The van der Waals surface area contributed by atoms with Gasteiger partial charge in [0.2, 0.25) is 5.91 Å². The van der Waals surface area contributed by atoms with Crippen molar-refractivity contribution in [3.63, 3.8) is 0 Å². The molecule has 0 saturated heterocycles. The van der Waals surface area contributed by atoms with Crippen LogP contribution in [0.25, 0.3) is 0 Å². The molecule has 0 saturated carbocycles. The van der Waals surface area contributed by atoms with E-state index in [9.17, 15) is 4.79 Å². The van der Waals surface area contributed by atoms with Gasteiger partial charge < -0.3 is 19.5 Å². The van der Waals surface area contributed by atoms with E-state index in [2.05, 4.69) is 22.9 Å². The smallest absolute Gasteiger partial charge is 0.222 e. The molecule has 0 spiro atoms. The molecule has 0 aromatic heterocycles. The van der Waals surface area contributed by atoms with Crippen molar-refractivity contribution in [2.75, 3.05) is 52.7 Å². The van der Waals surface area contributed by atoms with Crippen LogP contribution < -0.4 is 10.0 Å². The maximum Gasteiger partial charge on any atom is 0.222 e. The first-order valence-electron chi connectivity index (χ1n) is 6.56. The van der Waals surface area contributed by atoms with Crippen LogP contribution >= 0.6 is 12.8 Å². The Kier molecular flexibility index (Phi) is 13.8. The minimum atomic E-state index is 0.0149. The third kappa shape index (κ3) is 13.9. The molecular formula is C12H26N2O4S. The van der Waals surface area contributed by atoms with Gasteiger partial charge in [0.25, 0.3) is 0 Å². The van der Waals surface area contributed by atoms with Crippen molar-refractivity contribution in [1.29, 1.82) is 0 Å². The minimum Gasteiger partial charge on any atom is -0.378 e. The normalized spacial score (nSPS) is 10.9. The predicted molar refractivity (Wildman–Crippen MR) is 77.3 cm³/mol. The van der Waals surface area contributed by atoms with Gasteiger partial charge >= 0.3 is 0 Å². The van der Waals surface area contributed by atoms with E-state index in [4.69, 9.17) is 14.2 Å². The third-order valence-electron chi connectivity index (χ3n) is 2.17. The standard InChI is InChI=1S/C12H26N2O4S/c1-11(2)12(15)13-3-5-16-7-9-18-10-8-17-6-4-14-19/h11,14,19H,3-10H2,1-2H3,(H,13,15). The highest BCUT2D eigenvalue weighted by Gasteiger charge is 2.04. The molecule has 0 rings (SSSR count). The summed E-state index contributed by atoms with van der Waals surface area (Å²) in [7, 11) is 0. The van der Waals surface area contributed by atoms with Gasteiger partial charge in [-0.15, -0.1) is 0 Å². The quantitative estimate of drug-likeness (QED) is 0.335. The Hall–Kier alpha value is -0.340. The van der Waals surface area contributed by atoms with Gasteiger partial charge in [0.05, 0.1) is 39.6 Å². The van der Waals surface area contributed by atoms with Gasteiger partial charge in [-0.2, -0.15) is 0 Å². The lowest BCUT2D eigenvalue weighted by molar-refractivity contribution is -0.124. The summed E-state index contributed by atoms with van der Waals surface area (Å²) in [4.78, 5) is 11.2. The molecule has 1 amide bonds. The largest absolute Gasteiger partial charge is 0.378 e. The number of ether oxygens (including phenoxy) is 3. The van der Waals surface area contributed by atoms with E-state index < -0.39 is 0 Å². The molecule has 0 aliphatic carbocycles. The van der Waals surface area contributed by atoms with Gasteiger partial charge in [0.15, 0.2) is 0 Å². The van der Waals surface area contributed by atoms with Gasteiger partial charge in [0.1, 0.15) is 0 Å². The predicted octanol–water partition coefficient (Wildman–Crippen LogP) is 0.243. The van der Waals surface area contributed by atoms with Crippen molar-refractivity contribution in [1.82, 2.24) is 10.0 Å². The van der Waals surface area contributed by atoms with Gasteiger partial charge in [0, 0.05) is 19.0 Å². The van der Waals surface area contributed by atoms with Crippen LogP contribution in [0.5, 0.6) is 0 Å². The molecule has 19 heavy (non-hydrogen) atoms. The molecule has 0 aromatic rings. The summed E-state index contributed by atoms with van der Waals surface area (Å²) in [5.41, 5.74) is 0. The van der Waals surface area contributed by atoms with Gasteiger partial charge in [-0.3, -0.25) is 9.52 Å². The summed E-state index contributed by atoms with van der Waals surface area (Å²) in [5.74, 6) is 0.0637. The fourth-order valence-corrected chi connectivity index (χ4v) is 1.20. The van der Waals surface area contributed by atoms with E-state index in [-0.39, 0.29) is 11.8 Å². The van der Waals surface area contributed by atoms with Crippen LogP contribution in [0.3, 0.4) is 0 Å². The number of carbonyl (C=O) groups excluding carboxylic acids is 1. The number of hydrogen-bond acceptors (Lipinski definition) is 6. The Morgan fingerprint density at radius 1 is 0.947 bits per heavy atom. The number of rotatable bonds is 13. The van der Waals surface area contributed by atoms with E-state index in [0.717, 1.165) is 0 Å². The molecule has 0 fully saturated rings. The summed E-state index contributed by atoms with van der Waals surface area (Å²) < 4.78 is 18.5. The zero-order chi connectivity index (χ0) is 14.3. The van der Waals surface area contributed by atoms with Gasteiger partial charge in [-0.1, -0.05) is 26.7 Å². The van der Waals surface area contributed by atoms with Gasteiger partial charge in [-0.25, -0.2) is 0 Å². The van der Waals surface area contributed by atoms with Crippen molar-refractivity contribution < 1.29 is 19.0 Å². The second kappa shape index (κ2) is 14.1.